The second-order valence-corrected chi connectivity index (χ2v) is 8.89. The summed E-state index contributed by atoms with van der Waals surface area (Å²) in [5, 5.41) is 19.4. The predicted octanol–water partition coefficient (Wildman–Crippen LogP) is 1.24. The second kappa shape index (κ2) is 7.92. The van der Waals surface area contributed by atoms with E-state index in [9.17, 15) is 18.5 Å². The zero-order valence-electron chi connectivity index (χ0n) is 14.0. The molecule has 0 aromatic carbocycles. The van der Waals surface area contributed by atoms with Crippen LogP contribution in [-0.4, -0.2) is 70.3 Å². The van der Waals surface area contributed by atoms with Gasteiger partial charge in [-0.05, 0) is 6.08 Å². The van der Waals surface area contributed by atoms with E-state index < -0.39 is 56.0 Å². The number of hydrogen-bond acceptors (Lipinski definition) is 8. The Labute approximate surface area is 154 Å². The van der Waals surface area contributed by atoms with Crippen molar-refractivity contribution in [1.82, 2.24) is 4.90 Å². The van der Waals surface area contributed by atoms with Crippen LogP contribution in [0.25, 0.3) is 0 Å². The van der Waals surface area contributed by atoms with Crippen molar-refractivity contribution < 1.29 is 32.8 Å². The molecule has 2 aliphatic rings. The van der Waals surface area contributed by atoms with Gasteiger partial charge in [-0.15, -0.1) is 11.6 Å². The lowest BCUT2D eigenvalue weighted by molar-refractivity contribution is -0.107. The summed E-state index contributed by atoms with van der Waals surface area (Å²) in [6, 6.07) is 0. The van der Waals surface area contributed by atoms with Gasteiger partial charge >= 0.3 is 0 Å². The lowest BCUT2D eigenvalue weighted by Gasteiger charge is -2.34. The maximum Gasteiger partial charge on any atom is 0.260 e. The third-order valence-corrected chi connectivity index (χ3v) is 6.88. The molecule has 4 N–H and O–H groups in total. The van der Waals surface area contributed by atoms with E-state index in [4.69, 9.17) is 27.2 Å². The molecule has 0 radical (unpaired) electrons. The summed E-state index contributed by atoms with van der Waals surface area (Å²) in [5.41, 5.74) is 3.63. The Morgan fingerprint density at radius 2 is 2.35 bits per heavy atom. The van der Waals surface area contributed by atoms with Crippen LogP contribution in [0.1, 0.15) is 6.42 Å². The molecule has 8 nitrogen and oxygen atoms in total. The van der Waals surface area contributed by atoms with Gasteiger partial charge in [0.25, 0.3) is 7.37 Å². The van der Waals surface area contributed by atoms with E-state index in [0.717, 1.165) is 7.11 Å². The highest BCUT2D eigenvalue weighted by Gasteiger charge is 2.59. The normalized spacial score (nSPS) is 35.3. The monoisotopic (exact) mass is 415 g/mol. The van der Waals surface area contributed by atoms with E-state index in [-0.39, 0.29) is 11.7 Å². The van der Waals surface area contributed by atoms with E-state index in [2.05, 4.69) is 16.1 Å². The van der Waals surface area contributed by atoms with Crippen LogP contribution in [0.4, 0.5) is 8.78 Å². The fraction of sp³-hybridized carbons (Fsp3) is 0.643. The van der Waals surface area contributed by atoms with Crippen molar-refractivity contribution in [3.05, 3.63) is 24.7 Å². The number of aliphatic hydroxyl groups is 2. The van der Waals surface area contributed by atoms with Gasteiger partial charge in [0.1, 0.15) is 29.7 Å². The Kier molecular flexibility index (Phi) is 6.48. The average Bonchev–Trinajstić information content (AvgIpc) is 2.86. The standard InChI is InChI=1S/C14H21ClF2N3O5P/c1-8-19-10(18)3-4-20(8)13-11(17)12(22)14(6-15,25-13)5-9(16)26(23,7-21)24-2/h3-4,9,11-13,21-22H,1,5-7H2,2H3,(H2,18,19)/t9?,11-,12+,13-,14+,26?/m1/s1. The Morgan fingerprint density at radius 3 is 2.85 bits per heavy atom. The molecule has 2 unspecified atom stereocenters. The van der Waals surface area contributed by atoms with Crippen molar-refractivity contribution in [2.75, 3.05) is 19.3 Å². The van der Waals surface area contributed by atoms with Crippen molar-refractivity contribution >= 4 is 24.8 Å². The summed E-state index contributed by atoms with van der Waals surface area (Å²) in [5.74, 6) is -2.50. The van der Waals surface area contributed by atoms with Crippen LogP contribution in [0, 0.1) is 0 Å². The minimum Gasteiger partial charge on any atom is -0.387 e. The number of amidine groups is 1. The average molecular weight is 416 g/mol. The lowest BCUT2D eigenvalue weighted by atomic mass is 9.94. The number of halogens is 3. The highest BCUT2D eigenvalue weighted by Crippen LogP contribution is 2.55. The van der Waals surface area contributed by atoms with E-state index in [1.54, 1.807) is 0 Å². The molecular formula is C14H21ClF2N3O5P. The minimum absolute atomic E-state index is 0.0601. The first-order valence-corrected chi connectivity index (χ1v) is 10.0. The van der Waals surface area contributed by atoms with E-state index in [1.807, 2.05) is 0 Å². The zero-order valence-corrected chi connectivity index (χ0v) is 15.6. The van der Waals surface area contributed by atoms with E-state index in [0.29, 0.717) is 0 Å². The first-order valence-electron chi connectivity index (χ1n) is 7.59. The molecule has 0 amide bonds. The van der Waals surface area contributed by atoms with Crippen molar-refractivity contribution in [1.29, 1.82) is 0 Å². The van der Waals surface area contributed by atoms with Gasteiger partial charge in [0.2, 0.25) is 0 Å². The summed E-state index contributed by atoms with van der Waals surface area (Å²) >= 11 is 5.85. The van der Waals surface area contributed by atoms with Gasteiger partial charge in [-0.3, -0.25) is 4.57 Å². The number of hydrogen-bond donors (Lipinski definition) is 3. The highest BCUT2D eigenvalue weighted by atomic mass is 35.5. The first kappa shape index (κ1) is 21.3. The molecule has 0 bridgehead atoms. The number of rotatable bonds is 7. The lowest BCUT2D eigenvalue weighted by Crippen LogP contribution is -2.46. The molecule has 148 valence electrons. The van der Waals surface area contributed by atoms with Crippen LogP contribution in [-0.2, 0) is 13.8 Å². The quantitative estimate of drug-likeness (QED) is 0.423. The van der Waals surface area contributed by atoms with Crippen molar-refractivity contribution in [2.45, 2.75) is 36.4 Å². The number of aliphatic hydroxyl groups excluding tert-OH is 2. The molecule has 1 saturated heterocycles. The number of alkyl halides is 3. The molecular weight excluding hydrogens is 395 g/mol. The summed E-state index contributed by atoms with van der Waals surface area (Å²) in [7, 11) is -3.09. The molecule has 0 saturated carbocycles. The summed E-state index contributed by atoms with van der Waals surface area (Å²) in [6.45, 7) is 3.62. The van der Waals surface area contributed by atoms with Crippen LogP contribution in [0.3, 0.4) is 0 Å². The molecule has 0 aromatic rings. The van der Waals surface area contributed by atoms with Crippen LogP contribution >= 0.6 is 19.0 Å². The number of aliphatic imine (C=N–C) groups is 1. The Morgan fingerprint density at radius 1 is 1.69 bits per heavy atom. The molecule has 1 fully saturated rings. The number of nitrogens with two attached hydrogens (primary N) is 1. The van der Waals surface area contributed by atoms with Crippen LogP contribution in [0.2, 0.25) is 0 Å². The van der Waals surface area contributed by atoms with Crippen molar-refractivity contribution in [3.63, 3.8) is 0 Å². The van der Waals surface area contributed by atoms with E-state index >= 15 is 0 Å². The molecule has 2 rings (SSSR count). The van der Waals surface area contributed by atoms with E-state index in [1.165, 1.54) is 17.2 Å². The molecule has 0 aromatic heterocycles. The van der Waals surface area contributed by atoms with Gasteiger partial charge < -0.3 is 30.1 Å². The number of ether oxygens (including phenoxy) is 1. The number of nitrogens with zero attached hydrogens (tertiary/aromatic N) is 2. The van der Waals surface area contributed by atoms with Crippen molar-refractivity contribution in [3.8, 4) is 0 Å². The Balaban J connectivity index is 2.26. The highest BCUT2D eigenvalue weighted by molar-refractivity contribution is 7.59. The maximum atomic E-state index is 14.7. The fourth-order valence-electron chi connectivity index (χ4n) is 2.77. The third kappa shape index (κ3) is 3.67. The van der Waals surface area contributed by atoms with Gasteiger partial charge in [0.15, 0.2) is 18.3 Å². The van der Waals surface area contributed by atoms with Gasteiger partial charge in [0, 0.05) is 19.7 Å². The van der Waals surface area contributed by atoms with Gasteiger partial charge in [-0.2, -0.15) is 0 Å². The fourth-order valence-corrected chi connectivity index (χ4v) is 4.21. The maximum absolute atomic E-state index is 14.7. The predicted molar refractivity (Wildman–Crippen MR) is 92.2 cm³/mol. The topological polar surface area (TPSA) is 118 Å². The third-order valence-electron chi connectivity index (χ3n) is 4.38. The molecule has 2 heterocycles. The largest absolute Gasteiger partial charge is 0.387 e. The second-order valence-electron chi connectivity index (χ2n) is 5.96. The Bertz CT molecular complexity index is 658. The van der Waals surface area contributed by atoms with Crippen LogP contribution < -0.4 is 5.73 Å². The van der Waals surface area contributed by atoms with Crippen LogP contribution in [0.5, 0.6) is 0 Å². The van der Waals surface area contributed by atoms with Gasteiger partial charge in [-0.25, -0.2) is 13.8 Å². The van der Waals surface area contributed by atoms with Crippen molar-refractivity contribution in [2.24, 2.45) is 10.7 Å². The first-order chi connectivity index (χ1) is 12.1. The molecule has 0 spiro atoms. The summed E-state index contributed by atoms with van der Waals surface area (Å²) < 4.78 is 51.6. The molecule has 2 aliphatic heterocycles. The molecule has 0 aliphatic carbocycles. The molecule has 26 heavy (non-hydrogen) atoms. The Hall–Kier alpha value is -1.03. The van der Waals surface area contributed by atoms with Gasteiger partial charge in [0.05, 0.1) is 5.88 Å². The SMILES string of the molecule is C=C1N=C(N)C=CN1[C@@H]1O[C@](CCl)(CC(F)P(=O)(CO)OC)[C@@H](O)[C@H]1F. The summed E-state index contributed by atoms with van der Waals surface area (Å²) in [4.78, 5) is 5.06. The molecule has 12 heteroatoms. The zero-order chi connectivity index (χ0) is 19.7. The molecule has 6 atom stereocenters. The smallest absolute Gasteiger partial charge is 0.260 e. The summed E-state index contributed by atoms with van der Waals surface area (Å²) in [6.07, 6.45) is -4.27. The minimum atomic E-state index is -4.07. The van der Waals surface area contributed by atoms with Crippen LogP contribution in [0.15, 0.2) is 29.7 Å². The van der Waals surface area contributed by atoms with Gasteiger partial charge in [-0.1, -0.05) is 6.58 Å².